The van der Waals surface area contributed by atoms with Gasteiger partial charge in [-0.15, -0.1) is 0 Å². The molecule has 178 valence electrons. The van der Waals surface area contributed by atoms with Crippen LogP contribution in [0, 0.1) is 30.3 Å². The molecular formula is C20H11Cl2N5O8. The maximum absolute atomic E-state index is 12.7. The van der Waals surface area contributed by atoms with Crippen molar-refractivity contribution in [1.82, 2.24) is 0 Å². The zero-order chi connectivity index (χ0) is 25.9. The molecule has 0 saturated carbocycles. The molecule has 0 fully saturated rings. The molecule has 15 heteroatoms. The second-order valence-corrected chi connectivity index (χ2v) is 7.59. The van der Waals surface area contributed by atoms with Crippen molar-refractivity contribution < 1.29 is 24.4 Å². The van der Waals surface area contributed by atoms with Crippen LogP contribution in [0.3, 0.4) is 0 Å². The van der Waals surface area contributed by atoms with Crippen LogP contribution in [-0.4, -0.2) is 26.6 Å². The number of nitrogens with one attached hydrogen (secondary N) is 2. The lowest BCUT2D eigenvalue weighted by Gasteiger charge is -2.09. The van der Waals surface area contributed by atoms with Gasteiger partial charge in [-0.05, 0) is 30.3 Å². The molecule has 3 rings (SSSR count). The van der Waals surface area contributed by atoms with Crippen molar-refractivity contribution in [2.45, 2.75) is 0 Å². The highest BCUT2D eigenvalue weighted by atomic mass is 35.5. The van der Waals surface area contributed by atoms with Crippen LogP contribution in [0.5, 0.6) is 0 Å². The van der Waals surface area contributed by atoms with E-state index in [1.165, 1.54) is 24.3 Å². The van der Waals surface area contributed by atoms with Crippen LogP contribution in [0.15, 0.2) is 54.6 Å². The standard InChI is InChI=1S/C20H11Cl2N5O8/c21-15-3-1-12(8-17(15)26(32)33)23-19(28)10-5-11(7-14(6-10)25(30)31)20(29)24-13-2-4-16(22)18(9-13)27(34)35/h1-9H,(H,23,28)(H,24,29). The van der Waals surface area contributed by atoms with E-state index >= 15 is 0 Å². The number of halogens is 2. The van der Waals surface area contributed by atoms with Crippen LogP contribution in [0.25, 0.3) is 0 Å². The number of nitrogens with zero attached hydrogens (tertiary/aromatic N) is 3. The van der Waals surface area contributed by atoms with E-state index in [0.29, 0.717) is 0 Å². The maximum Gasteiger partial charge on any atom is 0.289 e. The molecule has 3 aromatic carbocycles. The van der Waals surface area contributed by atoms with Gasteiger partial charge in [-0.2, -0.15) is 0 Å². The van der Waals surface area contributed by atoms with Crippen molar-refractivity contribution in [1.29, 1.82) is 0 Å². The lowest BCUT2D eigenvalue weighted by Crippen LogP contribution is -2.16. The van der Waals surface area contributed by atoms with Crippen molar-refractivity contribution in [2.75, 3.05) is 10.6 Å². The minimum atomic E-state index is -0.901. The van der Waals surface area contributed by atoms with Crippen molar-refractivity contribution in [3.05, 3.63) is 106 Å². The molecule has 2 amide bonds. The van der Waals surface area contributed by atoms with Crippen molar-refractivity contribution in [2.24, 2.45) is 0 Å². The van der Waals surface area contributed by atoms with Crippen molar-refractivity contribution in [3.63, 3.8) is 0 Å². The van der Waals surface area contributed by atoms with Crippen LogP contribution in [0.1, 0.15) is 20.7 Å². The molecule has 0 radical (unpaired) electrons. The van der Waals surface area contributed by atoms with Crippen molar-refractivity contribution in [3.8, 4) is 0 Å². The van der Waals surface area contributed by atoms with Crippen LogP contribution < -0.4 is 10.6 Å². The first-order chi connectivity index (χ1) is 16.5. The first-order valence-electron chi connectivity index (χ1n) is 9.26. The van der Waals surface area contributed by atoms with Crippen LogP contribution in [0.2, 0.25) is 10.0 Å². The van der Waals surface area contributed by atoms with E-state index in [9.17, 15) is 39.9 Å². The predicted octanol–water partition coefficient (Wildman–Crippen LogP) is 5.22. The minimum absolute atomic E-state index is 0.0166. The molecule has 0 heterocycles. The molecule has 0 unspecified atom stereocenters. The van der Waals surface area contributed by atoms with E-state index in [1.807, 2.05) is 0 Å². The van der Waals surface area contributed by atoms with Gasteiger partial charge in [-0.1, -0.05) is 23.2 Å². The number of hydrogen-bond donors (Lipinski definition) is 2. The zero-order valence-corrected chi connectivity index (χ0v) is 18.6. The number of benzene rings is 3. The number of nitro benzene ring substituents is 3. The summed E-state index contributed by atoms with van der Waals surface area (Å²) in [4.78, 5) is 56.5. The number of nitro groups is 3. The number of rotatable bonds is 7. The fourth-order valence-electron chi connectivity index (χ4n) is 2.85. The number of anilines is 2. The number of amides is 2. The summed E-state index contributed by atoms with van der Waals surface area (Å²) in [5.74, 6) is -1.80. The molecule has 0 aliphatic rings. The summed E-state index contributed by atoms with van der Waals surface area (Å²) in [6.07, 6.45) is 0. The van der Waals surface area contributed by atoms with E-state index < -0.39 is 43.6 Å². The molecular weight excluding hydrogens is 509 g/mol. The topological polar surface area (TPSA) is 188 Å². The molecule has 35 heavy (non-hydrogen) atoms. The van der Waals surface area contributed by atoms with E-state index in [1.54, 1.807) is 0 Å². The summed E-state index contributed by atoms with van der Waals surface area (Å²) in [6.45, 7) is 0. The number of carbonyl (C=O) groups is 2. The minimum Gasteiger partial charge on any atom is -0.322 e. The lowest BCUT2D eigenvalue weighted by atomic mass is 10.1. The Hall–Kier alpha value is -4.62. The summed E-state index contributed by atoms with van der Waals surface area (Å²) in [5, 5.41) is 37.8. The van der Waals surface area contributed by atoms with Gasteiger partial charge in [0, 0.05) is 46.8 Å². The van der Waals surface area contributed by atoms with Gasteiger partial charge in [-0.25, -0.2) is 0 Å². The van der Waals surface area contributed by atoms with Gasteiger partial charge in [0.2, 0.25) is 0 Å². The predicted molar refractivity (Wildman–Crippen MR) is 125 cm³/mol. The Morgan fingerprint density at radius 3 is 1.37 bits per heavy atom. The zero-order valence-electron chi connectivity index (χ0n) is 17.1. The Balaban J connectivity index is 1.92. The van der Waals surface area contributed by atoms with Crippen LogP contribution in [0.4, 0.5) is 28.4 Å². The van der Waals surface area contributed by atoms with Gasteiger partial charge < -0.3 is 10.6 Å². The maximum atomic E-state index is 12.7. The largest absolute Gasteiger partial charge is 0.322 e. The second-order valence-electron chi connectivity index (χ2n) is 6.78. The van der Waals surface area contributed by atoms with Gasteiger partial charge in [-0.3, -0.25) is 39.9 Å². The SMILES string of the molecule is O=C(Nc1ccc(Cl)c([N+](=O)[O-])c1)c1cc(C(=O)Nc2ccc(Cl)c([N+](=O)[O-])c2)cc([N+](=O)[O-])c1. The van der Waals surface area contributed by atoms with Gasteiger partial charge in [0.05, 0.1) is 14.8 Å². The molecule has 0 atom stereocenters. The van der Waals surface area contributed by atoms with E-state index in [2.05, 4.69) is 10.6 Å². The van der Waals surface area contributed by atoms with E-state index in [4.69, 9.17) is 23.2 Å². The molecule has 0 aliphatic heterocycles. The first-order valence-corrected chi connectivity index (χ1v) is 10.0. The molecule has 0 saturated heterocycles. The summed E-state index contributed by atoms with van der Waals surface area (Å²) in [5.41, 5.74) is -2.17. The molecule has 13 nitrogen and oxygen atoms in total. The number of hydrogen-bond acceptors (Lipinski definition) is 8. The average Bonchev–Trinajstić information content (AvgIpc) is 2.80. The third kappa shape index (κ3) is 5.85. The first kappa shape index (κ1) is 25.0. The summed E-state index contributed by atoms with van der Waals surface area (Å²) in [7, 11) is 0. The number of non-ortho nitro benzene ring substituents is 1. The summed E-state index contributed by atoms with van der Waals surface area (Å²) in [6, 6.07) is 9.80. The quantitative estimate of drug-likeness (QED) is 0.313. The monoisotopic (exact) mass is 519 g/mol. The highest BCUT2D eigenvalue weighted by Crippen LogP contribution is 2.29. The molecule has 3 aromatic rings. The third-order valence-electron chi connectivity index (χ3n) is 4.45. The highest BCUT2D eigenvalue weighted by molar-refractivity contribution is 6.33. The summed E-state index contributed by atoms with van der Waals surface area (Å²) < 4.78 is 0. The Kier molecular flexibility index (Phi) is 7.22. The lowest BCUT2D eigenvalue weighted by molar-refractivity contribution is -0.385. The van der Waals surface area contributed by atoms with E-state index in [0.717, 1.165) is 30.3 Å². The Morgan fingerprint density at radius 1 is 0.629 bits per heavy atom. The fraction of sp³-hybridized carbons (Fsp3) is 0. The van der Waals surface area contributed by atoms with Crippen LogP contribution in [-0.2, 0) is 0 Å². The Labute approximate surface area is 204 Å². The third-order valence-corrected chi connectivity index (χ3v) is 5.09. The molecule has 2 N–H and O–H groups in total. The summed E-state index contributed by atoms with van der Waals surface area (Å²) >= 11 is 11.5. The second kappa shape index (κ2) is 10.1. The molecule has 0 bridgehead atoms. The highest BCUT2D eigenvalue weighted by Gasteiger charge is 2.21. The Morgan fingerprint density at radius 2 is 1.03 bits per heavy atom. The average molecular weight is 520 g/mol. The smallest absolute Gasteiger partial charge is 0.289 e. The van der Waals surface area contributed by atoms with Gasteiger partial charge >= 0.3 is 0 Å². The normalized spacial score (nSPS) is 10.3. The van der Waals surface area contributed by atoms with Gasteiger partial charge in [0.1, 0.15) is 10.0 Å². The van der Waals surface area contributed by atoms with E-state index in [-0.39, 0.29) is 32.5 Å². The molecule has 0 spiro atoms. The molecule has 0 aliphatic carbocycles. The van der Waals surface area contributed by atoms with Gasteiger partial charge in [0.25, 0.3) is 28.9 Å². The van der Waals surface area contributed by atoms with Gasteiger partial charge in [0.15, 0.2) is 0 Å². The number of carbonyl (C=O) groups excluding carboxylic acids is 2. The van der Waals surface area contributed by atoms with Crippen LogP contribution >= 0.6 is 23.2 Å². The van der Waals surface area contributed by atoms with Crippen molar-refractivity contribution >= 4 is 63.5 Å². The fourth-order valence-corrected chi connectivity index (χ4v) is 3.22. The molecule has 0 aromatic heterocycles. The Bertz CT molecular complexity index is 1320.